The number of nitrogens with zero attached hydrogens (tertiary/aromatic N) is 4. The van der Waals surface area contributed by atoms with Gasteiger partial charge in [-0.15, -0.1) is 11.8 Å². The number of thioether (sulfide) groups is 1. The first-order valence-corrected chi connectivity index (χ1v) is 11.9. The highest BCUT2D eigenvalue weighted by molar-refractivity contribution is 8.00. The van der Waals surface area contributed by atoms with E-state index in [0.717, 1.165) is 43.1 Å². The van der Waals surface area contributed by atoms with Crippen molar-refractivity contribution >= 4 is 29.4 Å². The summed E-state index contributed by atoms with van der Waals surface area (Å²) in [6.07, 6.45) is -1.50. The molecule has 2 amide bonds. The summed E-state index contributed by atoms with van der Waals surface area (Å²) in [5.74, 6) is 0.758. The van der Waals surface area contributed by atoms with Gasteiger partial charge in [-0.25, -0.2) is 4.98 Å². The van der Waals surface area contributed by atoms with Gasteiger partial charge in [0, 0.05) is 50.4 Å². The van der Waals surface area contributed by atoms with Crippen molar-refractivity contribution in [2.45, 2.75) is 23.9 Å². The van der Waals surface area contributed by atoms with E-state index in [1.54, 1.807) is 11.0 Å². The Morgan fingerprint density at radius 1 is 0.909 bits per heavy atom. The minimum absolute atomic E-state index is 0.0948. The molecule has 1 aromatic heterocycles. The highest BCUT2D eigenvalue weighted by Crippen LogP contribution is 2.30. The number of aromatic nitrogens is 1. The van der Waals surface area contributed by atoms with Crippen molar-refractivity contribution in [1.82, 2.24) is 14.8 Å². The Morgan fingerprint density at radius 2 is 1.61 bits per heavy atom. The monoisotopic (exact) mass is 478 g/mol. The highest BCUT2D eigenvalue weighted by Gasteiger charge is 2.31. The van der Waals surface area contributed by atoms with E-state index in [2.05, 4.69) is 4.98 Å². The van der Waals surface area contributed by atoms with Crippen LogP contribution in [0.2, 0.25) is 0 Å². The Bertz CT molecular complexity index is 986. The number of benzene rings is 1. The van der Waals surface area contributed by atoms with E-state index in [-0.39, 0.29) is 11.8 Å². The van der Waals surface area contributed by atoms with Crippen molar-refractivity contribution in [3.05, 3.63) is 53.7 Å². The van der Waals surface area contributed by atoms with Crippen LogP contribution in [0.15, 0.2) is 47.5 Å². The van der Waals surface area contributed by atoms with Crippen LogP contribution in [0.25, 0.3) is 0 Å². The first kappa shape index (κ1) is 23.4. The van der Waals surface area contributed by atoms with Crippen molar-refractivity contribution in [2.24, 2.45) is 0 Å². The van der Waals surface area contributed by atoms with Crippen LogP contribution in [0, 0.1) is 0 Å². The van der Waals surface area contributed by atoms with Crippen LogP contribution in [-0.4, -0.2) is 71.6 Å². The van der Waals surface area contributed by atoms with E-state index in [0.29, 0.717) is 43.3 Å². The maximum Gasteiger partial charge on any atom is 0.417 e. The topological polar surface area (TPSA) is 56.8 Å². The van der Waals surface area contributed by atoms with Crippen LogP contribution in [0.1, 0.15) is 28.8 Å². The molecule has 1 aromatic carbocycles. The highest BCUT2D eigenvalue weighted by atomic mass is 32.2. The summed E-state index contributed by atoms with van der Waals surface area (Å²) in [4.78, 5) is 35.8. The molecule has 2 saturated heterocycles. The van der Waals surface area contributed by atoms with Crippen LogP contribution < -0.4 is 4.90 Å². The maximum atomic E-state index is 13.2. The van der Waals surface area contributed by atoms with Crippen molar-refractivity contribution in [3.63, 3.8) is 0 Å². The third-order valence-corrected chi connectivity index (χ3v) is 6.95. The van der Waals surface area contributed by atoms with Gasteiger partial charge >= 0.3 is 6.18 Å². The van der Waals surface area contributed by atoms with Crippen molar-refractivity contribution in [2.75, 3.05) is 49.9 Å². The molecule has 2 fully saturated rings. The number of alkyl halides is 3. The molecule has 2 aromatic rings. The van der Waals surface area contributed by atoms with Crippen LogP contribution in [0.4, 0.5) is 19.0 Å². The number of halogens is 3. The van der Waals surface area contributed by atoms with Crippen LogP contribution in [0.3, 0.4) is 0 Å². The zero-order valence-electron chi connectivity index (χ0n) is 18.1. The number of hydrogen-bond donors (Lipinski definition) is 0. The normalized spacial score (nSPS) is 16.9. The van der Waals surface area contributed by atoms with E-state index < -0.39 is 11.7 Å². The molecule has 3 heterocycles. The van der Waals surface area contributed by atoms with Gasteiger partial charge in [-0.05, 0) is 37.1 Å². The maximum absolute atomic E-state index is 13.2. The molecule has 0 aliphatic carbocycles. The Balaban J connectivity index is 1.35. The molecule has 33 heavy (non-hydrogen) atoms. The number of amides is 2. The number of rotatable bonds is 5. The molecule has 4 rings (SSSR count). The molecule has 0 N–H and O–H groups in total. The van der Waals surface area contributed by atoms with Gasteiger partial charge in [0.25, 0.3) is 5.91 Å². The van der Waals surface area contributed by atoms with Gasteiger partial charge in [0.1, 0.15) is 5.82 Å². The van der Waals surface area contributed by atoms with Crippen molar-refractivity contribution in [3.8, 4) is 0 Å². The summed E-state index contributed by atoms with van der Waals surface area (Å²) >= 11 is 1.38. The average molecular weight is 479 g/mol. The Hall–Kier alpha value is -2.75. The standard InChI is InChI=1S/C23H25F3N4O2S/c24-23(25,26)17-7-8-20(27-15-17)28-11-13-30(14-12-28)22(32)18-5-1-2-6-19(18)33-16-21(31)29-9-3-4-10-29/h1-2,5-8,15H,3-4,9-14,16H2. The molecule has 0 unspecified atom stereocenters. The van der Waals surface area contributed by atoms with Gasteiger partial charge < -0.3 is 14.7 Å². The summed E-state index contributed by atoms with van der Waals surface area (Å²) in [5, 5.41) is 0. The Morgan fingerprint density at radius 3 is 2.24 bits per heavy atom. The zero-order valence-corrected chi connectivity index (χ0v) is 18.9. The fourth-order valence-electron chi connectivity index (χ4n) is 4.02. The van der Waals surface area contributed by atoms with Gasteiger partial charge in [-0.1, -0.05) is 12.1 Å². The van der Waals surface area contributed by atoms with Gasteiger partial charge in [0.05, 0.1) is 16.9 Å². The predicted molar refractivity (Wildman–Crippen MR) is 120 cm³/mol. The molecule has 6 nitrogen and oxygen atoms in total. The van der Waals surface area contributed by atoms with Crippen molar-refractivity contribution in [1.29, 1.82) is 0 Å². The van der Waals surface area contributed by atoms with Gasteiger partial charge in [0.15, 0.2) is 0 Å². The lowest BCUT2D eigenvalue weighted by Gasteiger charge is -2.35. The second kappa shape index (κ2) is 10.0. The Kier molecular flexibility index (Phi) is 7.11. The molecular formula is C23H25F3N4O2S. The van der Waals surface area contributed by atoms with E-state index in [1.165, 1.54) is 17.8 Å². The molecule has 0 saturated carbocycles. The fourth-order valence-corrected chi connectivity index (χ4v) is 4.96. The largest absolute Gasteiger partial charge is 0.417 e. The minimum Gasteiger partial charge on any atom is -0.353 e. The summed E-state index contributed by atoms with van der Waals surface area (Å²) < 4.78 is 38.3. The number of likely N-dealkylation sites (tertiary alicyclic amines) is 1. The lowest BCUT2D eigenvalue weighted by Crippen LogP contribution is -2.49. The Labute approximate surface area is 194 Å². The second-order valence-corrected chi connectivity index (χ2v) is 9.07. The molecule has 2 aliphatic heterocycles. The quantitative estimate of drug-likeness (QED) is 0.613. The molecule has 0 spiro atoms. The lowest BCUT2D eigenvalue weighted by molar-refractivity contribution is -0.137. The lowest BCUT2D eigenvalue weighted by atomic mass is 10.1. The summed E-state index contributed by atoms with van der Waals surface area (Å²) in [6, 6.07) is 9.68. The number of anilines is 1. The van der Waals surface area contributed by atoms with Crippen LogP contribution in [-0.2, 0) is 11.0 Å². The molecule has 0 radical (unpaired) electrons. The van der Waals surface area contributed by atoms with Gasteiger partial charge in [0.2, 0.25) is 5.91 Å². The number of hydrogen-bond acceptors (Lipinski definition) is 5. The van der Waals surface area contributed by atoms with E-state index in [1.807, 2.05) is 28.0 Å². The minimum atomic E-state index is -4.42. The molecule has 10 heteroatoms. The summed E-state index contributed by atoms with van der Waals surface area (Å²) in [6.45, 7) is 3.44. The first-order valence-electron chi connectivity index (χ1n) is 10.9. The molecule has 0 atom stereocenters. The van der Waals surface area contributed by atoms with E-state index >= 15 is 0 Å². The third kappa shape index (κ3) is 5.61. The smallest absolute Gasteiger partial charge is 0.353 e. The molecule has 2 aliphatic rings. The predicted octanol–water partition coefficient (Wildman–Crippen LogP) is 3.78. The van der Waals surface area contributed by atoms with Crippen molar-refractivity contribution < 1.29 is 22.8 Å². The first-order chi connectivity index (χ1) is 15.8. The average Bonchev–Trinajstić information content (AvgIpc) is 3.37. The zero-order chi connectivity index (χ0) is 23.4. The molecular weight excluding hydrogens is 453 g/mol. The number of carbonyl (C=O) groups is 2. The molecule has 176 valence electrons. The number of piperazine rings is 1. The summed E-state index contributed by atoms with van der Waals surface area (Å²) in [7, 11) is 0. The number of pyridine rings is 1. The molecule has 0 bridgehead atoms. The van der Waals surface area contributed by atoms with E-state index in [9.17, 15) is 22.8 Å². The van der Waals surface area contributed by atoms with Crippen LogP contribution >= 0.6 is 11.8 Å². The van der Waals surface area contributed by atoms with Gasteiger partial charge in [-0.2, -0.15) is 13.2 Å². The van der Waals surface area contributed by atoms with Crippen LogP contribution in [0.5, 0.6) is 0 Å². The van der Waals surface area contributed by atoms with E-state index in [4.69, 9.17) is 0 Å². The summed E-state index contributed by atoms with van der Waals surface area (Å²) in [5.41, 5.74) is -0.213. The van der Waals surface area contributed by atoms with Gasteiger partial charge in [-0.3, -0.25) is 9.59 Å². The SMILES string of the molecule is O=C(CSc1ccccc1C(=O)N1CCN(c2ccc(C(F)(F)F)cn2)CC1)N1CCCC1. The second-order valence-electron chi connectivity index (χ2n) is 8.05. The third-order valence-electron chi connectivity index (χ3n) is 5.89. The fraction of sp³-hybridized carbons (Fsp3) is 0.435. The number of carbonyl (C=O) groups excluding carboxylic acids is 2.